The van der Waals surface area contributed by atoms with E-state index in [-0.39, 0.29) is 16.0 Å². The zero-order valence-electron chi connectivity index (χ0n) is 10.7. The molecule has 0 aliphatic heterocycles. The van der Waals surface area contributed by atoms with Crippen molar-refractivity contribution in [1.29, 1.82) is 0 Å². The minimum absolute atomic E-state index is 0.249. The number of nitrogens with one attached hydrogen (secondary N) is 6. The lowest BCUT2D eigenvalue weighted by atomic mass is 10.6. The molecule has 10 nitrogen and oxygen atoms in total. The summed E-state index contributed by atoms with van der Waals surface area (Å²) in [6, 6.07) is 0. The predicted octanol–water partition coefficient (Wildman–Crippen LogP) is 0.618. The first-order valence-electron chi connectivity index (χ1n) is 5.86. The molecule has 4 heterocycles. The van der Waals surface area contributed by atoms with E-state index < -0.39 is 0 Å². The van der Waals surface area contributed by atoms with Crippen LogP contribution in [-0.4, -0.2) is 39.9 Å². The fourth-order valence-corrected chi connectivity index (χ4v) is 2.17. The molecule has 0 saturated carbocycles. The van der Waals surface area contributed by atoms with Crippen LogP contribution in [-0.2, 0) is 0 Å². The van der Waals surface area contributed by atoms with Crippen LogP contribution in [0.15, 0.2) is 22.2 Å². The zero-order valence-corrected chi connectivity index (χ0v) is 12.3. The van der Waals surface area contributed by atoms with E-state index in [0.29, 0.717) is 27.0 Å². The Morgan fingerprint density at radius 3 is 2.18 bits per heavy atom. The number of rotatable bonds is 0. The monoisotopic (exact) mass is 336 g/mol. The maximum Gasteiger partial charge on any atom is 0.325 e. The first-order chi connectivity index (χ1) is 10.5. The van der Waals surface area contributed by atoms with Gasteiger partial charge in [0.15, 0.2) is 16.1 Å². The Labute approximate surface area is 130 Å². The van der Waals surface area contributed by atoms with Gasteiger partial charge in [-0.25, -0.2) is 14.8 Å². The average molecular weight is 336 g/mol. The molecule has 22 heavy (non-hydrogen) atoms. The largest absolute Gasteiger partial charge is 0.341 e. The number of H-pyrrole nitrogens is 6. The van der Waals surface area contributed by atoms with Crippen molar-refractivity contribution >= 4 is 46.8 Å². The number of imidazole rings is 2. The highest BCUT2D eigenvalue weighted by molar-refractivity contribution is 7.71. The van der Waals surface area contributed by atoms with Crippen molar-refractivity contribution in [2.24, 2.45) is 0 Å². The van der Waals surface area contributed by atoms with Crippen LogP contribution < -0.4 is 11.2 Å². The van der Waals surface area contributed by atoms with Crippen molar-refractivity contribution in [3.05, 3.63) is 42.9 Å². The summed E-state index contributed by atoms with van der Waals surface area (Å²) in [7, 11) is 0. The summed E-state index contributed by atoms with van der Waals surface area (Å²) >= 11 is 9.58. The molecule has 112 valence electrons. The van der Waals surface area contributed by atoms with Crippen LogP contribution in [0.3, 0.4) is 0 Å². The lowest BCUT2D eigenvalue weighted by molar-refractivity contribution is 1.09. The second kappa shape index (κ2) is 5.50. The van der Waals surface area contributed by atoms with E-state index in [2.05, 4.69) is 39.9 Å². The minimum atomic E-state index is -0.338. The van der Waals surface area contributed by atoms with Crippen molar-refractivity contribution in [3.8, 4) is 0 Å². The average Bonchev–Trinajstić information content (AvgIpc) is 3.07. The van der Waals surface area contributed by atoms with E-state index in [4.69, 9.17) is 24.4 Å². The summed E-state index contributed by atoms with van der Waals surface area (Å²) in [5.41, 5.74) is 1.45. The van der Waals surface area contributed by atoms with Crippen molar-refractivity contribution < 1.29 is 0 Å². The Hall–Kier alpha value is -2.86. The Kier molecular flexibility index (Phi) is 3.52. The molecule has 4 aromatic rings. The third kappa shape index (κ3) is 2.64. The third-order valence-electron chi connectivity index (χ3n) is 2.65. The van der Waals surface area contributed by atoms with Gasteiger partial charge in [-0.2, -0.15) is 0 Å². The second-order valence-corrected chi connectivity index (χ2v) is 4.89. The molecule has 0 fully saturated rings. The van der Waals surface area contributed by atoms with Crippen LogP contribution in [0.5, 0.6) is 0 Å². The lowest BCUT2D eigenvalue weighted by Crippen LogP contribution is -2.09. The number of fused-ring (bicyclic) bond motifs is 2. The number of aromatic nitrogens is 8. The number of hydrogen-bond acceptors (Lipinski definition) is 6. The maximum atomic E-state index is 11.0. The van der Waals surface area contributed by atoms with Gasteiger partial charge in [-0.15, -0.1) is 0 Å². The van der Waals surface area contributed by atoms with Crippen LogP contribution in [0, 0.1) is 9.41 Å². The molecular formula is C10H8N8O2S2. The summed E-state index contributed by atoms with van der Waals surface area (Å²) in [5, 5.41) is 0. The molecule has 0 radical (unpaired) electrons. The number of aromatic amines is 6. The van der Waals surface area contributed by atoms with E-state index in [1.807, 2.05) is 0 Å². The topological polar surface area (TPSA) is 155 Å². The summed E-state index contributed by atoms with van der Waals surface area (Å²) in [6.45, 7) is 0. The summed E-state index contributed by atoms with van der Waals surface area (Å²) in [5.74, 6) is 0. The highest BCUT2D eigenvalue weighted by Gasteiger charge is 1.98. The predicted molar refractivity (Wildman–Crippen MR) is 83.8 cm³/mol. The highest BCUT2D eigenvalue weighted by Crippen LogP contribution is 2.01. The van der Waals surface area contributed by atoms with Crippen molar-refractivity contribution in [2.75, 3.05) is 0 Å². The Morgan fingerprint density at radius 2 is 1.45 bits per heavy atom. The van der Waals surface area contributed by atoms with Gasteiger partial charge in [-0.3, -0.25) is 19.7 Å². The third-order valence-corrected chi connectivity index (χ3v) is 3.16. The van der Waals surface area contributed by atoms with Crippen molar-refractivity contribution in [2.45, 2.75) is 0 Å². The zero-order chi connectivity index (χ0) is 15.7. The standard InChI is InChI=1S/2C5H4N4OS/c10-5-8-3-2(4(11)9-5)6-1-7-3;10-4-2-3(7-1-6-2)8-5(11)9-4/h2*1H,(H3,6,7,8,9,10,11). The van der Waals surface area contributed by atoms with E-state index in [1.54, 1.807) is 0 Å². The summed E-state index contributed by atoms with van der Waals surface area (Å²) < 4.78 is 0.663. The lowest BCUT2D eigenvalue weighted by Gasteiger charge is -1.85. The minimum Gasteiger partial charge on any atom is -0.341 e. The molecule has 0 atom stereocenters. The molecule has 12 heteroatoms. The van der Waals surface area contributed by atoms with Gasteiger partial charge in [0.1, 0.15) is 15.7 Å². The van der Waals surface area contributed by atoms with Crippen LogP contribution in [0.25, 0.3) is 22.3 Å². The van der Waals surface area contributed by atoms with Gasteiger partial charge in [-0.05, 0) is 12.2 Å². The number of hydrogen-bond donors (Lipinski definition) is 6. The molecule has 0 aromatic carbocycles. The van der Waals surface area contributed by atoms with Gasteiger partial charge in [0.05, 0.1) is 12.7 Å². The number of nitrogens with zero attached hydrogens (tertiary/aromatic N) is 2. The van der Waals surface area contributed by atoms with Gasteiger partial charge in [0.2, 0.25) is 0 Å². The fraction of sp³-hybridized carbons (Fsp3) is 0. The van der Waals surface area contributed by atoms with E-state index >= 15 is 0 Å². The van der Waals surface area contributed by atoms with Gasteiger partial charge in [0.25, 0.3) is 5.56 Å². The Morgan fingerprint density at radius 1 is 0.818 bits per heavy atom. The van der Waals surface area contributed by atoms with E-state index in [0.717, 1.165) is 0 Å². The van der Waals surface area contributed by atoms with Gasteiger partial charge in [0, 0.05) is 0 Å². The van der Waals surface area contributed by atoms with Crippen LogP contribution >= 0.6 is 24.4 Å². The first-order valence-corrected chi connectivity index (χ1v) is 6.67. The first kappa shape index (κ1) is 14.1. The van der Waals surface area contributed by atoms with Gasteiger partial charge < -0.3 is 15.0 Å². The molecule has 0 unspecified atom stereocenters. The molecule has 6 N–H and O–H groups in total. The molecule has 0 aliphatic rings. The Bertz CT molecular complexity index is 1080. The molecule has 4 rings (SSSR count). The molecular weight excluding hydrogens is 328 g/mol. The highest BCUT2D eigenvalue weighted by atomic mass is 32.1. The fourth-order valence-electron chi connectivity index (χ4n) is 1.73. The SMILES string of the molecule is O=c1[nH]c(=S)[nH]c2nc[nH]c12.O=c1[nH]c(=S)c2[nH]cnc2[nH]1. The normalized spacial score (nSPS) is 10.5. The molecule has 4 aromatic heterocycles. The molecule has 0 saturated heterocycles. The quantitative estimate of drug-likeness (QED) is 0.259. The van der Waals surface area contributed by atoms with Gasteiger partial charge >= 0.3 is 5.69 Å². The summed E-state index contributed by atoms with van der Waals surface area (Å²) in [6.07, 6.45) is 2.91. The van der Waals surface area contributed by atoms with Gasteiger partial charge in [-0.1, -0.05) is 12.2 Å². The van der Waals surface area contributed by atoms with Crippen molar-refractivity contribution in [3.63, 3.8) is 0 Å². The summed E-state index contributed by atoms with van der Waals surface area (Å²) in [4.78, 5) is 45.1. The van der Waals surface area contributed by atoms with E-state index in [9.17, 15) is 9.59 Å². The second-order valence-electron chi connectivity index (χ2n) is 4.07. The smallest absolute Gasteiger partial charge is 0.325 e. The molecule has 0 bridgehead atoms. The van der Waals surface area contributed by atoms with Crippen LogP contribution in [0.4, 0.5) is 0 Å². The van der Waals surface area contributed by atoms with E-state index in [1.165, 1.54) is 12.7 Å². The molecule has 0 spiro atoms. The van der Waals surface area contributed by atoms with Crippen LogP contribution in [0.1, 0.15) is 0 Å². The molecule has 0 amide bonds. The van der Waals surface area contributed by atoms with Crippen molar-refractivity contribution in [1.82, 2.24) is 39.9 Å². The Balaban J connectivity index is 0.000000131. The molecule has 0 aliphatic carbocycles. The van der Waals surface area contributed by atoms with Crippen LogP contribution in [0.2, 0.25) is 0 Å². The maximum absolute atomic E-state index is 11.0.